The van der Waals surface area contributed by atoms with Crippen molar-refractivity contribution in [2.75, 3.05) is 0 Å². The van der Waals surface area contributed by atoms with E-state index in [9.17, 15) is 9.59 Å². The zero-order valence-electron chi connectivity index (χ0n) is 15.0. The Morgan fingerprint density at radius 2 is 2.11 bits per heavy atom. The maximum absolute atomic E-state index is 12.6. The number of aromatic nitrogens is 3. The van der Waals surface area contributed by atoms with Crippen LogP contribution in [-0.2, 0) is 16.0 Å². The molecule has 4 aromatic rings. The lowest BCUT2D eigenvalue weighted by molar-refractivity contribution is -0.146. The third kappa shape index (κ3) is 3.72. The minimum atomic E-state index is -0.879. The third-order valence-corrected chi connectivity index (χ3v) is 5.15. The maximum atomic E-state index is 12.6. The van der Waals surface area contributed by atoms with Crippen LogP contribution in [0.4, 0.5) is 0 Å². The highest BCUT2D eigenvalue weighted by atomic mass is 32.1. The van der Waals surface area contributed by atoms with Crippen LogP contribution in [0.25, 0.3) is 21.6 Å². The van der Waals surface area contributed by atoms with Gasteiger partial charge >= 0.3 is 5.97 Å². The average Bonchev–Trinajstić information content (AvgIpc) is 3.45. The summed E-state index contributed by atoms with van der Waals surface area (Å²) in [6.07, 6.45) is 1.07. The van der Waals surface area contributed by atoms with E-state index >= 15 is 0 Å². The van der Waals surface area contributed by atoms with Crippen LogP contribution in [0.3, 0.4) is 0 Å². The Hall–Kier alpha value is -3.26. The number of ketones is 1. The number of para-hydroxylation sites is 1. The van der Waals surface area contributed by atoms with Crippen LogP contribution in [0.2, 0.25) is 0 Å². The van der Waals surface area contributed by atoms with Gasteiger partial charge in [0.1, 0.15) is 0 Å². The molecule has 7 nitrogen and oxygen atoms in total. The molecule has 0 aliphatic carbocycles. The summed E-state index contributed by atoms with van der Waals surface area (Å²) in [6.45, 7) is 1.57. The molecule has 0 radical (unpaired) electrons. The van der Waals surface area contributed by atoms with Crippen LogP contribution in [0.1, 0.15) is 29.6 Å². The molecule has 142 valence electrons. The number of benzene rings is 1. The van der Waals surface area contributed by atoms with Crippen molar-refractivity contribution in [3.8, 4) is 10.7 Å². The number of Topliss-reactive ketones (excluding diaryl/α,β-unsaturated/α-hetero) is 1. The molecule has 0 bridgehead atoms. The van der Waals surface area contributed by atoms with Crippen molar-refractivity contribution in [3.05, 3.63) is 59.4 Å². The van der Waals surface area contributed by atoms with Gasteiger partial charge in [-0.1, -0.05) is 29.4 Å². The summed E-state index contributed by atoms with van der Waals surface area (Å²) in [6, 6.07) is 11.3. The van der Waals surface area contributed by atoms with Gasteiger partial charge in [-0.25, -0.2) is 0 Å². The van der Waals surface area contributed by atoms with Crippen molar-refractivity contribution < 1.29 is 18.8 Å². The molecule has 0 aliphatic rings. The normalized spacial score (nSPS) is 12.2. The molecule has 0 spiro atoms. The van der Waals surface area contributed by atoms with Gasteiger partial charge in [-0.15, -0.1) is 11.3 Å². The highest BCUT2D eigenvalue weighted by Crippen LogP contribution is 2.22. The van der Waals surface area contributed by atoms with Gasteiger partial charge in [0.15, 0.2) is 6.10 Å². The average molecular weight is 395 g/mol. The van der Waals surface area contributed by atoms with Crippen molar-refractivity contribution in [2.24, 2.45) is 0 Å². The molecule has 3 aromatic heterocycles. The summed E-state index contributed by atoms with van der Waals surface area (Å²) in [5.41, 5.74) is 1.37. The van der Waals surface area contributed by atoms with Crippen molar-refractivity contribution >= 4 is 34.0 Å². The molecule has 4 rings (SSSR count). The zero-order valence-corrected chi connectivity index (χ0v) is 15.9. The monoisotopic (exact) mass is 395 g/mol. The van der Waals surface area contributed by atoms with Crippen LogP contribution < -0.4 is 0 Å². The predicted octanol–water partition coefficient (Wildman–Crippen LogP) is 4.03. The smallest absolute Gasteiger partial charge is 0.307 e. The first-order chi connectivity index (χ1) is 13.6. The Morgan fingerprint density at radius 1 is 1.25 bits per heavy atom. The fraction of sp³-hybridized carbons (Fsp3) is 0.200. The molecule has 0 aliphatic heterocycles. The summed E-state index contributed by atoms with van der Waals surface area (Å²) in [5, 5.41) is 6.64. The largest absolute Gasteiger partial charge is 0.454 e. The lowest BCUT2D eigenvalue weighted by atomic mass is 10.1. The molecule has 0 fully saturated rings. The van der Waals surface area contributed by atoms with Gasteiger partial charge in [0, 0.05) is 29.1 Å². The summed E-state index contributed by atoms with van der Waals surface area (Å²) in [7, 11) is 0. The van der Waals surface area contributed by atoms with E-state index in [1.807, 2.05) is 41.8 Å². The van der Waals surface area contributed by atoms with Gasteiger partial charge < -0.3 is 14.2 Å². The lowest BCUT2D eigenvalue weighted by Crippen LogP contribution is -2.24. The number of hydrogen-bond acceptors (Lipinski definition) is 7. The second kappa shape index (κ2) is 7.77. The van der Waals surface area contributed by atoms with Crippen LogP contribution in [-0.4, -0.2) is 33.0 Å². The van der Waals surface area contributed by atoms with Gasteiger partial charge in [0.2, 0.25) is 17.5 Å². The molecule has 0 saturated heterocycles. The number of rotatable bonds is 7. The Morgan fingerprint density at radius 3 is 2.93 bits per heavy atom. The Labute approximate surface area is 164 Å². The maximum Gasteiger partial charge on any atom is 0.307 e. The van der Waals surface area contributed by atoms with Crippen LogP contribution >= 0.6 is 11.3 Å². The molecule has 1 unspecified atom stereocenters. The van der Waals surface area contributed by atoms with Crippen molar-refractivity contribution in [1.29, 1.82) is 0 Å². The number of ether oxygens (including phenoxy) is 1. The summed E-state index contributed by atoms with van der Waals surface area (Å²) >= 11 is 1.51. The number of esters is 1. The number of nitrogens with zero attached hydrogens (tertiary/aromatic N) is 2. The van der Waals surface area contributed by atoms with E-state index < -0.39 is 12.1 Å². The standard InChI is InChI=1S/C20H17N3O4S/c1-12(19(25)14-11-21-15-6-3-2-5-13(14)15)26-18(24)9-8-17-22-20(23-27-17)16-7-4-10-28-16/h2-7,10-12,21H,8-9H2,1H3. The van der Waals surface area contributed by atoms with E-state index in [0.717, 1.165) is 15.8 Å². The summed E-state index contributed by atoms with van der Waals surface area (Å²) in [5.74, 6) is 0.123. The lowest BCUT2D eigenvalue weighted by Gasteiger charge is -2.11. The fourth-order valence-electron chi connectivity index (χ4n) is 2.88. The fourth-order valence-corrected chi connectivity index (χ4v) is 3.52. The number of hydrogen-bond donors (Lipinski definition) is 1. The Kier molecular flexibility index (Phi) is 5.03. The topological polar surface area (TPSA) is 98.1 Å². The van der Waals surface area contributed by atoms with Crippen LogP contribution in [0, 0.1) is 0 Å². The molecule has 28 heavy (non-hydrogen) atoms. The number of fused-ring (bicyclic) bond motifs is 1. The molecule has 0 amide bonds. The Bertz CT molecular complexity index is 1110. The molecule has 1 atom stereocenters. The van der Waals surface area contributed by atoms with E-state index in [0.29, 0.717) is 17.3 Å². The number of carbonyl (C=O) groups excluding carboxylic acids is 2. The van der Waals surface area contributed by atoms with E-state index in [1.165, 1.54) is 11.3 Å². The van der Waals surface area contributed by atoms with E-state index in [2.05, 4.69) is 15.1 Å². The quantitative estimate of drug-likeness (QED) is 0.375. The molecular formula is C20H17N3O4S. The highest BCUT2D eigenvalue weighted by Gasteiger charge is 2.22. The van der Waals surface area contributed by atoms with E-state index in [1.54, 1.807) is 13.1 Å². The van der Waals surface area contributed by atoms with E-state index in [4.69, 9.17) is 9.26 Å². The first kappa shape index (κ1) is 18.1. The number of aromatic amines is 1. The van der Waals surface area contributed by atoms with Gasteiger partial charge in [-0.2, -0.15) is 4.98 Å². The van der Waals surface area contributed by atoms with Gasteiger partial charge in [0.05, 0.1) is 11.3 Å². The second-order valence-electron chi connectivity index (χ2n) is 6.23. The summed E-state index contributed by atoms with van der Waals surface area (Å²) < 4.78 is 10.5. The van der Waals surface area contributed by atoms with Crippen molar-refractivity contribution in [1.82, 2.24) is 15.1 Å². The van der Waals surface area contributed by atoms with Crippen molar-refractivity contribution in [3.63, 3.8) is 0 Å². The molecule has 1 aromatic carbocycles. The molecular weight excluding hydrogens is 378 g/mol. The summed E-state index contributed by atoms with van der Waals surface area (Å²) in [4.78, 5) is 33.0. The van der Waals surface area contributed by atoms with Crippen LogP contribution in [0.15, 0.2) is 52.5 Å². The van der Waals surface area contributed by atoms with Gasteiger partial charge in [-0.05, 0) is 24.4 Å². The minimum absolute atomic E-state index is 0.0532. The minimum Gasteiger partial charge on any atom is -0.454 e. The molecule has 0 saturated carbocycles. The first-order valence-corrected chi connectivity index (χ1v) is 9.66. The SMILES string of the molecule is CC(OC(=O)CCc1nc(-c2cccs2)no1)C(=O)c1c[nH]c2ccccc12. The zero-order chi connectivity index (χ0) is 19.5. The predicted molar refractivity (Wildman–Crippen MR) is 104 cm³/mol. The molecule has 1 N–H and O–H groups in total. The van der Waals surface area contributed by atoms with Crippen molar-refractivity contribution in [2.45, 2.75) is 25.9 Å². The molecule has 8 heteroatoms. The first-order valence-electron chi connectivity index (χ1n) is 8.78. The number of nitrogens with one attached hydrogen (secondary N) is 1. The number of H-pyrrole nitrogens is 1. The van der Waals surface area contributed by atoms with Gasteiger partial charge in [-0.3, -0.25) is 9.59 Å². The number of thiophene rings is 1. The Balaban J connectivity index is 1.34. The second-order valence-corrected chi connectivity index (χ2v) is 7.18. The third-order valence-electron chi connectivity index (χ3n) is 4.28. The highest BCUT2D eigenvalue weighted by molar-refractivity contribution is 7.13. The number of aryl methyl sites for hydroxylation is 1. The number of carbonyl (C=O) groups is 2. The molecule has 3 heterocycles. The van der Waals surface area contributed by atoms with Crippen LogP contribution in [0.5, 0.6) is 0 Å². The van der Waals surface area contributed by atoms with Gasteiger partial charge in [0.25, 0.3) is 0 Å². The van der Waals surface area contributed by atoms with E-state index in [-0.39, 0.29) is 18.6 Å².